The third-order valence-electron chi connectivity index (χ3n) is 2.27. The first-order chi connectivity index (χ1) is 6.58. The molecule has 0 heterocycles. The fourth-order valence-corrected chi connectivity index (χ4v) is 2.16. The van der Waals surface area contributed by atoms with E-state index in [9.17, 15) is 4.79 Å². The monoisotopic (exact) mass is 308 g/mol. The van der Waals surface area contributed by atoms with Crippen LogP contribution in [-0.4, -0.2) is 21.8 Å². The number of carbonyl (C=O) groups is 1. The van der Waals surface area contributed by atoms with Gasteiger partial charge < -0.3 is 9.84 Å². The molecule has 0 aromatic heterocycles. The summed E-state index contributed by atoms with van der Waals surface area (Å²) in [4.78, 5) is 10.5. The molecule has 1 aliphatic carbocycles. The van der Waals surface area contributed by atoms with Crippen molar-refractivity contribution in [3.05, 3.63) is 24.3 Å². The molecule has 1 aliphatic rings. The molecule has 1 rings (SSSR count). The molecule has 1 N–H and O–H groups in total. The summed E-state index contributed by atoms with van der Waals surface area (Å²) < 4.78 is 4.99. The second-order valence-corrected chi connectivity index (χ2v) is 4.87. The van der Waals surface area contributed by atoms with E-state index < -0.39 is 5.97 Å². The van der Waals surface area contributed by atoms with Gasteiger partial charge in [-0.15, -0.1) is 0 Å². The van der Waals surface area contributed by atoms with Gasteiger partial charge in [0, 0.05) is 19.4 Å². The topological polar surface area (TPSA) is 46.5 Å². The van der Waals surface area contributed by atoms with Crippen LogP contribution in [0.3, 0.4) is 0 Å². The van der Waals surface area contributed by atoms with Gasteiger partial charge in [0.05, 0.1) is 0 Å². The van der Waals surface area contributed by atoms with Crippen LogP contribution in [0.15, 0.2) is 24.3 Å². The van der Waals surface area contributed by atoms with Crippen LogP contribution in [0.1, 0.15) is 12.8 Å². The number of hydrogen-bond donors (Lipinski definition) is 1. The average Bonchev–Trinajstić information content (AvgIpc) is 2.16. The molecule has 2 unspecified atom stereocenters. The highest BCUT2D eigenvalue weighted by atomic mass is 127. The molecule has 0 spiro atoms. The van der Waals surface area contributed by atoms with Crippen molar-refractivity contribution < 1.29 is 14.6 Å². The molecule has 0 bridgehead atoms. The minimum Gasteiger partial charge on any atom is -0.481 e. The van der Waals surface area contributed by atoms with Crippen LogP contribution in [0.25, 0.3) is 0 Å². The SMILES string of the molecule is COC1(I)C=CC=CC1CCC(=O)O. The molecular formula is C10H13IO3. The summed E-state index contributed by atoms with van der Waals surface area (Å²) in [6.45, 7) is 0. The minimum atomic E-state index is -0.761. The van der Waals surface area contributed by atoms with Crippen molar-refractivity contribution in [3.8, 4) is 0 Å². The lowest BCUT2D eigenvalue weighted by atomic mass is 9.93. The van der Waals surface area contributed by atoms with Crippen molar-refractivity contribution in [1.82, 2.24) is 0 Å². The maximum absolute atomic E-state index is 10.5. The summed E-state index contributed by atoms with van der Waals surface area (Å²) >= 11 is 2.21. The molecule has 0 saturated heterocycles. The Bertz CT molecular complexity index is 273. The van der Waals surface area contributed by atoms with Crippen LogP contribution in [0.2, 0.25) is 0 Å². The zero-order chi connectivity index (χ0) is 10.6. The summed E-state index contributed by atoms with van der Waals surface area (Å²) in [7, 11) is 1.64. The fraction of sp³-hybridized carbons (Fsp3) is 0.500. The Morgan fingerprint density at radius 1 is 1.64 bits per heavy atom. The molecule has 0 aromatic carbocycles. The average molecular weight is 308 g/mol. The molecule has 78 valence electrons. The number of alkyl halides is 1. The maximum Gasteiger partial charge on any atom is 0.303 e. The number of carboxylic acid groups (broad SMARTS) is 1. The number of aliphatic carboxylic acids is 1. The van der Waals surface area contributed by atoms with Gasteiger partial charge in [-0.3, -0.25) is 4.79 Å². The van der Waals surface area contributed by atoms with Crippen molar-refractivity contribution in [1.29, 1.82) is 0 Å². The predicted molar refractivity (Wildman–Crippen MR) is 62.4 cm³/mol. The number of carboxylic acids is 1. The normalized spacial score (nSPS) is 30.6. The highest BCUT2D eigenvalue weighted by Crippen LogP contribution is 2.37. The summed E-state index contributed by atoms with van der Waals surface area (Å²) in [6.07, 6.45) is 8.60. The van der Waals surface area contributed by atoms with Crippen LogP contribution in [0, 0.1) is 5.92 Å². The summed E-state index contributed by atoms with van der Waals surface area (Å²) in [5, 5.41) is 8.60. The Balaban J connectivity index is 2.62. The molecule has 0 aliphatic heterocycles. The molecule has 2 atom stereocenters. The summed E-state index contributed by atoms with van der Waals surface area (Å²) in [5.41, 5.74) is 0. The van der Waals surface area contributed by atoms with Crippen LogP contribution in [-0.2, 0) is 9.53 Å². The Morgan fingerprint density at radius 3 is 2.93 bits per heavy atom. The van der Waals surface area contributed by atoms with Gasteiger partial charge in [0.25, 0.3) is 0 Å². The van der Waals surface area contributed by atoms with Gasteiger partial charge in [0.15, 0.2) is 0 Å². The van der Waals surface area contributed by atoms with Crippen molar-refractivity contribution in [2.24, 2.45) is 5.92 Å². The molecule has 4 heteroatoms. The Hall–Kier alpha value is -0.360. The first-order valence-electron chi connectivity index (χ1n) is 4.40. The highest BCUT2D eigenvalue weighted by Gasteiger charge is 2.33. The lowest BCUT2D eigenvalue weighted by Crippen LogP contribution is -2.31. The lowest BCUT2D eigenvalue weighted by molar-refractivity contribution is -0.137. The number of halogens is 1. The van der Waals surface area contributed by atoms with E-state index in [1.165, 1.54) is 0 Å². The van der Waals surface area contributed by atoms with Gasteiger partial charge in [0.1, 0.15) is 3.61 Å². The number of ether oxygens (including phenoxy) is 1. The van der Waals surface area contributed by atoms with Crippen LogP contribution >= 0.6 is 22.6 Å². The standard InChI is InChI=1S/C10H13IO3/c1-14-10(11)7-3-2-4-8(10)5-6-9(12)13/h2-4,7-8H,5-6H2,1H3,(H,12,13). The molecule has 0 saturated carbocycles. The highest BCUT2D eigenvalue weighted by molar-refractivity contribution is 14.1. The van der Waals surface area contributed by atoms with Gasteiger partial charge >= 0.3 is 5.97 Å². The molecular weight excluding hydrogens is 295 g/mol. The lowest BCUT2D eigenvalue weighted by Gasteiger charge is -2.31. The van der Waals surface area contributed by atoms with Gasteiger partial charge in [-0.1, -0.05) is 18.2 Å². The van der Waals surface area contributed by atoms with Crippen LogP contribution in [0.4, 0.5) is 0 Å². The van der Waals surface area contributed by atoms with Crippen molar-refractivity contribution in [2.45, 2.75) is 16.4 Å². The summed E-state index contributed by atoms with van der Waals surface area (Å²) in [5.74, 6) is -0.628. The van der Waals surface area contributed by atoms with Crippen LogP contribution < -0.4 is 0 Å². The second-order valence-electron chi connectivity index (χ2n) is 3.18. The largest absolute Gasteiger partial charge is 0.481 e. The van der Waals surface area contributed by atoms with Gasteiger partial charge in [-0.2, -0.15) is 0 Å². The third kappa shape index (κ3) is 2.81. The van der Waals surface area contributed by atoms with E-state index in [-0.39, 0.29) is 15.9 Å². The van der Waals surface area contributed by atoms with Crippen LogP contribution in [0.5, 0.6) is 0 Å². The van der Waals surface area contributed by atoms with Gasteiger partial charge in [-0.25, -0.2) is 0 Å². The second kappa shape index (κ2) is 4.93. The first kappa shape index (κ1) is 11.7. The van der Waals surface area contributed by atoms with E-state index in [1.54, 1.807) is 7.11 Å². The van der Waals surface area contributed by atoms with E-state index in [0.717, 1.165) is 0 Å². The third-order valence-corrected chi connectivity index (χ3v) is 3.87. The Morgan fingerprint density at radius 2 is 2.36 bits per heavy atom. The minimum absolute atomic E-state index is 0.134. The Labute approximate surface area is 97.0 Å². The van der Waals surface area contributed by atoms with Gasteiger partial charge in [0.2, 0.25) is 0 Å². The number of hydrogen-bond acceptors (Lipinski definition) is 2. The van der Waals surface area contributed by atoms with Crippen molar-refractivity contribution in [2.75, 3.05) is 7.11 Å². The summed E-state index contributed by atoms with van der Waals surface area (Å²) in [6, 6.07) is 0. The Kier molecular flexibility index (Phi) is 4.12. The van der Waals surface area contributed by atoms with E-state index >= 15 is 0 Å². The molecule has 0 amide bonds. The molecule has 3 nitrogen and oxygen atoms in total. The number of allylic oxidation sites excluding steroid dienone is 2. The quantitative estimate of drug-likeness (QED) is 0.641. The zero-order valence-electron chi connectivity index (χ0n) is 7.94. The number of rotatable bonds is 4. The van der Waals surface area contributed by atoms with E-state index in [1.807, 2.05) is 24.3 Å². The van der Waals surface area contributed by atoms with Crippen molar-refractivity contribution >= 4 is 28.6 Å². The van der Waals surface area contributed by atoms with E-state index in [4.69, 9.17) is 9.84 Å². The smallest absolute Gasteiger partial charge is 0.303 e. The van der Waals surface area contributed by atoms with Crippen molar-refractivity contribution in [3.63, 3.8) is 0 Å². The predicted octanol–water partition coefficient (Wildman–Crippen LogP) is 2.37. The van der Waals surface area contributed by atoms with E-state index in [2.05, 4.69) is 22.6 Å². The number of methoxy groups -OCH3 is 1. The molecule has 0 radical (unpaired) electrons. The molecule has 0 aromatic rings. The fourth-order valence-electron chi connectivity index (χ4n) is 1.43. The molecule has 0 fully saturated rings. The maximum atomic E-state index is 10.5. The van der Waals surface area contributed by atoms with Gasteiger partial charge in [-0.05, 0) is 35.1 Å². The van der Waals surface area contributed by atoms with E-state index in [0.29, 0.717) is 6.42 Å². The molecule has 14 heavy (non-hydrogen) atoms. The first-order valence-corrected chi connectivity index (χ1v) is 5.48. The zero-order valence-corrected chi connectivity index (χ0v) is 10.1.